The molecule has 6 heteroatoms. The molecule has 2 N–H and O–H groups in total. The van der Waals surface area contributed by atoms with Crippen molar-refractivity contribution in [2.75, 3.05) is 6.61 Å². The van der Waals surface area contributed by atoms with Crippen molar-refractivity contribution in [3.05, 3.63) is 46.2 Å². The molecule has 0 fully saturated rings. The van der Waals surface area contributed by atoms with Crippen LogP contribution in [0.25, 0.3) is 5.69 Å². The van der Waals surface area contributed by atoms with Gasteiger partial charge in [0.15, 0.2) is 5.69 Å². The maximum atomic E-state index is 12.7. The van der Waals surface area contributed by atoms with E-state index in [0.717, 1.165) is 49.0 Å². The summed E-state index contributed by atoms with van der Waals surface area (Å²) in [7, 11) is 0. The second kappa shape index (κ2) is 8.02. The van der Waals surface area contributed by atoms with Crippen molar-refractivity contribution in [3.8, 4) is 5.69 Å². The van der Waals surface area contributed by atoms with Gasteiger partial charge >= 0.3 is 0 Å². The zero-order valence-corrected chi connectivity index (χ0v) is 15.2. The van der Waals surface area contributed by atoms with Crippen LogP contribution < -0.4 is 5.32 Å². The molecule has 1 atom stereocenters. The van der Waals surface area contributed by atoms with Crippen LogP contribution in [0, 0.1) is 0 Å². The highest BCUT2D eigenvalue weighted by Gasteiger charge is 2.25. The molecule has 1 unspecified atom stereocenters. The molecule has 1 aliphatic rings. The number of aromatic nitrogens is 2. The number of amides is 1. The van der Waals surface area contributed by atoms with E-state index in [4.69, 9.17) is 11.6 Å². The van der Waals surface area contributed by atoms with Gasteiger partial charge in [-0.1, -0.05) is 24.9 Å². The number of carbonyl (C=O) groups is 1. The molecular weight excluding hydrogens is 338 g/mol. The van der Waals surface area contributed by atoms with E-state index in [0.29, 0.717) is 17.1 Å². The first-order valence-electron chi connectivity index (χ1n) is 8.92. The zero-order valence-electron chi connectivity index (χ0n) is 14.5. The summed E-state index contributed by atoms with van der Waals surface area (Å²) in [5, 5.41) is 17.6. The van der Waals surface area contributed by atoms with Crippen molar-refractivity contribution < 1.29 is 9.90 Å². The highest BCUT2D eigenvalue weighted by molar-refractivity contribution is 6.30. The minimum atomic E-state index is -0.241. The molecule has 1 amide bonds. The number of rotatable bonds is 5. The summed E-state index contributed by atoms with van der Waals surface area (Å²) in [4.78, 5) is 12.7. The third kappa shape index (κ3) is 3.88. The fourth-order valence-corrected chi connectivity index (χ4v) is 3.41. The van der Waals surface area contributed by atoms with Crippen LogP contribution >= 0.6 is 11.6 Å². The van der Waals surface area contributed by atoms with Crippen LogP contribution in [0.5, 0.6) is 0 Å². The molecule has 0 radical (unpaired) electrons. The van der Waals surface area contributed by atoms with Gasteiger partial charge in [-0.05, 0) is 56.4 Å². The van der Waals surface area contributed by atoms with E-state index in [2.05, 4.69) is 10.4 Å². The van der Waals surface area contributed by atoms with Crippen LogP contribution in [0.4, 0.5) is 0 Å². The van der Waals surface area contributed by atoms with Crippen molar-refractivity contribution in [1.82, 2.24) is 15.1 Å². The fourth-order valence-electron chi connectivity index (χ4n) is 3.28. The number of nitrogens with one attached hydrogen (secondary N) is 1. The van der Waals surface area contributed by atoms with E-state index in [1.807, 2.05) is 35.9 Å². The number of aliphatic hydroxyl groups excluding tert-OH is 1. The van der Waals surface area contributed by atoms with Gasteiger partial charge in [0, 0.05) is 16.3 Å². The third-order valence-corrected chi connectivity index (χ3v) is 5.02. The van der Waals surface area contributed by atoms with Crippen LogP contribution in [0.2, 0.25) is 5.02 Å². The Balaban J connectivity index is 2.01. The summed E-state index contributed by atoms with van der Waals surface area (Å²) in [5.74, 6) is -0.202. The molecule has 1 aromatic carbocycles. The van der Waals surface area contributed by atoms with Crippen molar-refractivity contribution in [2.24, 2.45) is 0 Å². The Labute approximate surface area is 153 Å². The van der Waals surface area contributed by atoms with Gasteiger partial charge in [-0.3, -0.25) is 4.79 Å². The highest BCUT2D eigenvalue weighted by Crippen LogP contribution is 2.27. The standard InChI is InChI=1S/C19H24ClN3O2/c1-2-14(12-24)21-19(25)18-16-6-4-3-5-7-17(16)23(22-18)15-10-8-13(20)9-11-15/h8-11,14,24H,2-7,12H2,1H3,(H,21,25). The Morgan fingerprint density at radius 1 is 1.28 bits per heavy atom. The van der Waals surface area contributed by atoms with Gasteiger partial charge in [0.05, 0.1) is 18.3 Å². The van der Waals surface area contributed by atoms with Crippen LogP contribution in [0.15, 0.2) is 24.3 Å². The third-order valence-electron chi connectivity index (χ3n) is 4.76. The molecule has 134 valence electrons. The molecular formula is C19H24ClN3O2. The van der Waals surface area contributed by atoms with Gasteiger partial charge in [-0.25, -0.2) is 4.68 Å². The van der Waals surface area contributed by atoms with Gasteiger partial charge < -0.3 is 10.4 Å². The van der Waals surface area contributed by atoms with E-state index in [-0.39, 0.29) is 18.6 Å². The topological polar surface area (TPSA) is 67.2 Å². The van der Waals surface area contributed by atoms with Crippen LogP contribution in [-0.4, -0.2) is 33.4 Å². The van der Waals surface area contributed by atoms with E-state index >= 15 is 0 Å². The molecule has 5 nitrogen and oxygen atoms in total. The van der Waals surface area contributed by atoms with Gasteiger partial charge in [0.1, 0.15) is 0 Å². The molecule has 0 saturated carbocycles. The monoisotopic (exact) mass is 361 g/mol. The smallest absolute Gasteiger partial charge is 0.272 e. The molecule has 2 aromatic rings. The first kappa shape index (κ1) is 18.0. The predicted molar refractivity (Wildman–Crippen MR) is 98.5 cm³/mol. The Morgan fingerprint density at radius 3 is 2.68 bits per heavy atom. The Bertz CT molecular complexity index is 736. The second-order valence-electron chi connectivity index (χ2n) is 6.48. The minimum Gasteiger partial charge on any atom is -0.394 e. The number of carbonyl (C=O) groups excluding carboxylic acids is 1. The first-order valence-corrected chi connectivity index (χ1v) is 9.30. The van der Waals surface area contributed by atoms with Crippen LogP contribution in [0.3, 0.4) is 0 Å². The molecule has 1 aliphatic carbocycles. The maximum Gasteiger partial charge on any atom is 0.272 e. The van der Waals surface area contributed by atoms with Gasteiger partial charge in [-0.2, -0.15) is 5.10 Å². The average Bonchev–Trinajstić information content (AvgIpc) is 2.82. The zero-order chi connectivity index (χ0) is 17.8. The Hall–Kier alpha value is -1.85. The average molecular weight is 362 g/mol. The van der Waals surface area contributed by atoms with Crippen molar-refractivity contribution in [1.29, 1.82) is 0 Å². The molecule has 3 rings (SSSR count). The van der Waals surface area contributed by atoms with E-state index < -0.39 is 0 Å². The van der Waals surface area contributed by atoms with E-state index in [1.54, 1.807) is 0 Å². The van der Waals surface area contributed by atoms with Crippen LogP contribution in [0.1, 0.15) is 54.4 Å². The van der Waals surface area contributed by atoms with Crippen molar-refractivity contribution in [2.45, 2.75) is 51.5 Å². The second-order valence-corrected chi connectivity index (χ2v) is 6.92. The number of benzene rings is 1. The number of aliphatic hydroxyl groups is 1. The van der Waals surface area contributed by atoms with Crippen LogP contribution in [-0.2, 0) is 12.8 Å². The van der Waals surface area contributed by atoms with E-state index in [9.17, 15) is 9.90 Å². The number of halogens is 1. The lowest BCUT2D eigenvalue weighted by atomic mass is 10.1. The SMILES string of the molecule is CCC(CO)NC(=O)c1nn(-c2ccc(Cl)cc2)c2c1CCCCC2. The number of fused-ring (bicyclic) bond motifs is 1. The summed E-state index contributed by atoms with van der Waals surface area (Å²) >= 11 is 6.00. The highest BCUT2D eigenvalue weighted by atomic mass is 35.5. The first-order chi connectivity index (χ1) is 12.1. The molecule has 1 heterocycles. The molecule has 25 heavy (non-hydrogen) atoms. The Kier molecular flexibility index (Phi) is 5.76. The summed E-state index contributed by atoms with van der Waals surface area (Å²) in [5.41, 5.74) is 3.55. The largest absolute Gasteiger partial charge is 0.394 e. The molecule has 1 aromatic heterocycles. The molecule has 0 spiro atoms. The summed E-state index contributed by atoms with van der Waals surface area (Å²) in [6, 6.07) is 7.27. The lowest BCUT2D eigenvalue weighted by Crippen LogP contribution is -2.37. The maximum absolute atomic E-state index is 12.7. The number of hydrogen-bond acceptors (Lipinski definition) is 3. The Morgan fingerprint density at radius 2 is 2.00 bits per heavy atom. The summed E-state index contributed by atoms with van der Waals surface area (Å²) in [6.07, 6.45) is 5.78. The van der Waals surface area contributed by atoms with Gasteiger partial charge in [0.2, 0.25) is 0 Å². The minimum absolute atomic E-state index is 0.0671. The normalized spacial score (nSPS) is 15.3. The molecule has 0 bridgehead atoms. The predicted octanol–water partition coefficient (Wildman–Crippen LogP) is 3.30. The lowest BCUT2D eigenvalue weighted by Gasteiger charge is -2.13. The molecule has 0 saturated heterocycles. The summed E-state index contributed by atoms with van der Waals surface area (Å²) < 4.78 is 1.88. The quantitative estimate of drug-likeness (QED) is 0.803. The number of hydrogen-bond donors (Lipinski definition) is 2. The van der Waals surface area contributed by atoms with Crippen molar-refractivity contribution >= 4 is 17.5 Å². The van der Waals surface area contributed by atoms with Crippen molar-refractivity contribution in [3.63, 3.8) is 0 Å². The summed E-state index contributed by atoms with van der Waals surface area (Å²) in [6.45, 7) is 1.87. The number of nitrogens with zero attached hydrogens (tertiary/aromatic N) is 2. The van der Waals surface area contributed by atoms with Gasteiger partial charge in [0.25, 0.3) is 5.91 Å². The van der Waals surface area contributed by atoms with Gasteiger partial charge in [-0.15, -0.1) is 0 Å². The van der Waals surface area contributed by atoms with E-state index in [1.165, 1.54) is 0 Å². The lowest BCUT2D eigenvalue weighted by molar-refractivity contribution is 0.0908. The fraction of sp³-hybridized carbons (Fsp3) is 0.474. The molecule has 0 aliphatic heterocycles.